The third kappa shape index (κ3) is 3.28. The molecule has 0 unspecified atom stereocenters. The van der Waals surface area contributed by atoms with Crippen molar-refractivity contribution in [2.45, 2.75) is 6.54 Å². The van der Waals surface area contributed by atoms with Gasteiger partial charge in [-0.25, -0.2) is 4.68 Å². The number of nitrogens with zero attached hydrogens (tertiary/aromatic N) is 2. The Balaban J connectivity index is 2.11. The SMILES string of the molecule is Nc1c(C#Cc2ccccc2)c(-c2ccccc2)nn1CC(=O)O. The molecule has 0 bridgehead atoms. The highest BCUT2D eigenvalue weighted by Gasteiger charge is 2.17. The molecule has 0 fully saturated rings. The highest BCUT2D eigenvalue weighted by Crippen LogP contribution is 2.26. The van der Waals surface area contributed by atoms with Crippen molar-refractivity contribution in [1.82, 2.24) is 9.78 Å². The molecule has 3 N–H and O–H groups in total. The maximum absolute atomic E-state index is 11.0. The van der Waals surface area contributed by atoms with E-state index in [0.717, 1.165) is 11.1 Å². The second-order valence-corrected chi connectivity index (χ2v) is 5.14. The fourth-order valence-corrected chi connectivity index (χ4v) is 2.30. The van der Waals surface area contributed by atoms with E-state index in [2.05, 4.69) is 16.9 Å². The lowest BCUT2D eigenvalue weighted by Gasteiger charge is -1.98. The topological polar surface area (TPSA) is 81.1 Å². The van der Waals surface area contributed by atoms with E-state index in [-0.39, 0.29) is 12.4 Å². The molecule has 24 heavy (non-hydrogen) atoms. The number of hydrogen-bond acceptors (Lipinski definition) is 3. The molecule has 0 amide bonds. The number of carboxylic acid groups (broad SMARTS) is 1. The molecule has 5 nitrogen and oxygen atoms in total. The average Bonchev–Trinajstić information content (AvgIpc) is 2.90. The van der Waals surface area contributed by atoms with Gasteiger partial charge in [0.1, 0.15) is 18.1 Å². The first kappa shape index (κ1) is 15.4. The molecule has 0 aliphatic heterocycles. The van der Waals surface area contributed by atoms with Crippen molar-refractivity contribution in [3.63, 3.8) is 0 Å². The molecule has 0 atom stereocenters. The molecule has 118 valence electrons. The average molecular weight is 317 g/mol. The monoisotopic (exact) mass is 317 g/mol. The van der Waals surface area contributed by atoms with E-state index in [0.29, 0.717) is 11.3 Å². The number of carboxylic acids is 1. The molecule has 2 aromatic carbocycles. The molecule has 0 aliphatic rings. The van der Waals surface area contributed by atoms with Gasteiger partial charge in [-0.2, -0.15) is 5.10 Å². The standard InChI is InChI=1S/C19H15N3O2/c20-19-16(12-11-14-7-3-1-4-8-14)18(15-9-5-2-6-10-15)21-22(19)13-17(23)24/h1-10H,13,20H2,(H,23,24). The summed E-state index contributed by atoms with van der Waals surface area (Å²) in [5.74, 6) is 5.33. The fraction of sp³-hybridized carbons (Fsp3) is 0.0526. The Morgan fingerprint density at radius 2 is 1.67 bits per heavy atom. The molecule has 0 spiro atoms. The Hall–Kier alpha value is -3.52. The highest BCUT2D eigenvalue weighted by atomic mass is 16.4. The minimum atomic E-state index is -1.01. The number of nitrogens with two attached hydrogens (primary N) is 1. The molecule has 1 aromatic heterocycles. The molecule has 1 heterocycles. The summed E-state index contributed by atoms with van der Waals surface area (Å²) >= 11 is 0. The van der Waals surface area contributed by atoms with Gasteiger partial charge >= 0.3 is 5.97 Å². The van der Waals surface area contributed by atoms with Crippen molar-refractivity contribution >= 4 is 11.8 Å². The van der Waals surface area contributed by atoms with Crippen molar-refractivity contribution in [2.75, 3.05) is 5.73 Å². The predicted octanol–water partition coefficient (Wildman–Crippen LogP) is 2.62. The van der Waals surface area contributed by atoms with Crippen LogP contribution in [0.3, 0.4) is 0 Å². The van der Waals surface area contributed by atoms with Crippen LogP contribution in [0.25, 0.3) is 11.3 Å². The van der Waals surface area contributed by atoms with Crippen LogP contribution in [0.15, 0.2) is 60.7 Å². The largest absolute Gasteiger partial charge is 0.480 e. The van der Waals surface area contributed by atoms with Crippen LogP contribution >= 0.6 is 0 Å². The number of hydrogen-bond donors (Lipinski definition) is 2. The quantitative estimate of drug-likeness (QED) is 0.728. The van der Waals surface area contributed by atoms with E-state index in [1.165, 1.54) is 4.68 Å². The first-order valence-electron chi connectivity index (χ1n) is 7.35. The van der Waals surface area contributed by atoms with E-state index in [1.54, 1.807) is 0 Å². The van der Waals surface area contributed by atoms with Crippen LogP contribution in [0.5, 0.6) is 0 Å². The summed E-state index contributed by atoms with van der Waals surface area (Å²) in [7, 11) is 0. The van der Waals surface area contributed by atoms with Gasteiger partial charge in [-0.1, -0.05) is 60.4 Å². The zero-order valence-electron chi connectivity index (χ0n) is 12.8. The number of benzene rings is 2. The Morgan fingerprint density at radius 3 is 2.29 bits per heavy atom. The van der Waals surface area contributed by atoms with E-state index in [4.69, 9.17) is 10.8 Å². The molecular formula is C19H15N3O2. The smallest absolute Gasteiger partial charge is 0.325 e. The van der Waals surface area contributed by atoms with Gasteiger partial charge in [0.15, 0.2) is 0 Å². The van der Waals surface area contributed by atoms with Gasteiger partial charge in [0, 0.05) is 11.1 Å². The first-order chi connectivity index (χ1) is 11.6. The molecular weight excluding hydrogens is 302 g/mol. The molecule has 5 heteroatoms. The summed E-state index contributed by atoms with van der Waals surface area (Å²) in [4.78, 5) is 11.0. The Labute approximate surface area is 139 Å². The van der Waals surface area contributed by atoms with Gasteiger partial charge in [0.2, 0.25) is 0 Å². The number of aliphatic carboxylic acids is 1. The van der Waals surface area contributed by atoms with E-state index >= 15 is 0 Å². The molecule has 3 rings (SSSR count). The fourth-order valence-electron chi connectivity index (χ4n) is 2.30. The lowest BCUT2D eigenvalue weighted by atomic mass is 10.1. The Kier molecular flexibility index (Phi) is 4.30. The zero-order valence-corrected chi connectivity index (χ0v) is 12.8. The summed E-state index contributed by atoms with van der Waals surface area (Å²) in [5, 5.41) is 13.4. The van der Waals surface area contributed by atoms with Crippen LogP contribution in [0.4, 0.5) is 5.82 Å². The molecule has 3 aromatic rings. The zero-order chi connectivity index (χ0) is 16.9. The maximum Gasteiger partial charge on any atom is 0.325 e. The van der Waals surface area contributed by atoms with Crippen LogP contribution in [0, 0.1) is 11.8 Å². The van der Waals surface area contributed by atoms with E-state index < -0.39 is 5.97 Å². The minimum absolute atomic E-state index is 0.250. The second-order valence-electron chi connectivity index (χ2n) is 5.14. The maximum atomic E-state index is 11.0. The molecule has 0 radical (unpaired) electrons. The Morgan fingerprint density at radius 1 is 1.04 bits per heavy atom. The molecule has 0 saturated heterocycles. The number of nitrogen functional groups attached to an aromatic ring is 1. The summed E-state index contributed by atoms with van der Waals surface area (Å²) in [6.45, 7) is -0.307. The van der Waals surface area contributed by atoms with Gasteiger partial charge in [-0.15, -0.1) is 0 Å². The van der Waals surface area contributed by atoms with Crippen LogP contribution < -0.4 is 5.73 Å². The van der Waals surface area contributed by atoms with Crippen molar-refractivity contribution < 1.29 is 9.90 Å². The highest BCUT2D eigenvalue weighted by molar-refractivity contribution is 5.75. The van der Waals surface area contributed by atoms with Crippen LogP contribution in [0.1, 0.15) is 11.1 Å². The number of aromatic nitrogens is 2. The van der Waals surface area contributed by atoms with E-state index in [1.807, 2.05) is 60.7 Å². The van der Waals surface area contributed by atoms with Gasteiger partial charge in [0.05, 0.1) is 5.56 Å². The van der Waals surface area contributed by atoms with Crippen LogP contribution in [0.2, 0.25) is 0 Å². The van der Waals surface area contributed by atoms with Crippen molar-refractivity contribution in [2.24, 2.45) is 0 Å². The lowest BCUT2D eigenvalue weighted by molar-refractivity contribution is -0.137. The number of anilines is 1. The second kappa shape index (κ2) is 6.71. The number of rotatable bonds is 3. The lowest BCUT2D eigenvalue weighted by Crippen LogP contribution is -2.12. The van der Waals surface area contributed by atoms with Crippen molar-refractivity contribution in [3.05, 3.63) is 71.8 Å². The van der Waals surface area contributed by atoms with Gasteiger partial charge in [-0.3, -0.25) is 4.79 Å². The first-order valence-corrected chi connectivity index (χ1v) is 7.35. The van der Waals surface area contributed by atoms with Crippen molar-refractivity contribution in [1.29, 1.82) is 0 Å². The van der Waals surface area contributed by atoms with Crippen molar-refractivity contribution in [3.8, 4) is 23.1 Å². The summed E-state index contributed by atoms with van der Waals surface area (Å²) < 4.78 is 1.26. The summed E-state index contributed by atoms with van der Waals surface area (Å²) in [6, 6.07) is 19.0. The predicted molar refractivity (Wildman–Crippen MR) is 92.1 cm³/mol. The third-order valence-corrected chi connectivity index (χ3v) is 3.43. The van der Waals surface area contributed by atoms with Gasteiger partial charge in [0.25, 0.3) is 0 Å². The molecule has 0 aliphatic carbocycles. The van der Waals surface area contributed by atoms with Crippen LogP contribution in [-0.2, 0) is 11.3 Å². The van der Waals surface area contributed by atoms with E-state index in [9.17, 15) is 4.79 Å². The minimum Gasteiger partial charge on any atom is -0.480 e. The number of carbonyl (C=O) groups is 1. The Bertz CT molecular complexity index is 920. The van der Waals surface area contributed by atoms with Gasteiger partial charge < -0.3 is 10.8 Å². The normalized spacial score (nSPS) is 10.0. The third-order valence-electron chi connectivity index (χ3n) is 3.43. The van der Waals surface area contributed by atoms with Crippen LogP contribution in [-0.4, -0.2) is 20.9 Å². The summed E-state index contributed by atoms with van der Waals surface area (Å²) in [5.41, 5.74) is 8.89. The summed E-state index contributed by atoms with van der Waals surface area (Å²) in [6.07, 6.45) is 0. The van der Waals surface area contributed by atoms with Gasteiger partial charge in [-0.05, 0) is 12.1 Å². The molecule has 0 saturated carbocycles.